The van der Waals surface area contributed by atoms with Gasteiger partial charge in [-0.15, -0.1) is 0 Å². The minimum Gasteiger partial charge on any atom is -0.490 e. The molecule has 1 unspecified atom stereocenters. The third-order valence-electron chi connectivity index (χ3n) is 4.38. The molecule has 7 heteroatoms. The second kappa shape index (κ2) is 9.42. The Morgan fingerprint density at radius 2 is 1.93 bits per heavy atom. The molecule has 0 fully saturated rings. The molecule has 1 N–H and O–H groups in total. The predicted octanol–water partition coefficient (Wildman–Crippen LogP) is 4.64. The fourth-order valence-electron chi connectivity index (χ4n) is 3.28. The zero-order chi connectivity index (χ0) is 20.1. The minimum absolute atomic E-state index is 0.00318. The summed E-state index contributed by atoms with van der Waals surface area (Å²) < 4.78 is 11.4. The number of hydrogen-bond donors (Lipinski definition) is 1. The number of allylic oxidation sites excluding steroid dienone is 1. The largest absolute Gasteiger partial charge is 0.490 e. The summed E-state index contributed by atoms with van der Waals surface area (Å²) in [7, 11) is 0. The van der Waals surface area contributed by atoms with Gasteiger partial charge >= 0.3 is 0 Å². The van der Waals surface area contributed by atoms with Gasteiger partial charge in [0.05, 0.1) is 24.3 Å². The number of carbonyl (C=O) groups is 1. The molecule has 1 heterocycles. The summed E-state index contributed by atoms with van der Waals surface area (Å²) in [5.74, 6) is 1.07. The number of nitrogens with one attached hydrogen (secondary N) is 1. The molecule has 0 saturated carbocycles. The molecular weight excluding hydrogens is 384 g/mol. The Hall–Kier alpha value is -1.79. The van der Waals surface area contributed by atoms with E-state index in [1.54, 1.807) is 13.0 Å². The number of hydrogen-bond acceptors (Lipinski definition) is 4. The van der Waals surface area contributed by atoms with Crippen molar-refractivity contribution in [1.82, 2.24) is 10.2 Å². The first kappa shape index (κ1) is 21.5. The zero-order valence-electron chi connectivity index (χ0n) is 16.5. The van der Waals surface area contributed by atoms with Crippen LogP contribution in [-0.2, 0) is 4.79 Å². The number of nitrogens with zero attached hydrogens (tertiary/aromatic N) is 1. The number of thiocarbonyl (C=S) groups is 1. The van der Waals surface area contributed by atoms with Gasteiger partial charge in [-0.2, -0.15) is 0 Å². The second-order valence-electron chi connectivity index (χ2n) is 6.29. The van der Waals surface area contributed by atoms with Crippen LogP contribution in [0.3, 0.4) is 0 Å². The number of rotatable bonds is 8. The molecule has 2 rings (SSSR count). The molecule has 148 valence electrons. The molecule has 1 aromatic carbocycles. The van der Waals surface area contributed by atoms with E-state index in [4.69, 9.17) is 33.3 Å². The van der Waals surface area contributed by atoms with Gasteiger partial charge < -0.3 is 19.7 Å². The summed E-state index contributed by atoms with van der Waals surface area (Å²) in [5, 5.41) is 4.35. The number of halogens is 1. The van der Waals surface area contributed by atoms with Crippen LogP contribution in [0.15, 0.2) is 23.4 Å². The van der Waals surface area contributed by atoms with E-state index >= 15 is 0 Å². The molecule has 0 aromatic heterocycles. The van der Waals surface area contributed by atoms with Crippen molar-refractivity contribution in [1.29, 1.82) is 0 Å². The molecular formula is C20H27ClN2O3S. The molecule has 1 aromatic rings. The monoisotopic (exact) mass is 410 g/mol. The van der Waals surface area contributed by atoms with Gasteiger partial charge in [0.2, 0.25) is 0 Å². The molecule has 27 heavy (non-hydrogen) atoms. The molecule has 1 aliphatic heterocycles. The van der Waals surface area contributed by atoms with Crippen molar-refractivity contribution in [3.05, 3.63) is 34.0 Å². The maximum atomic E-state index is 12.5. The summed E-state index contributed by atoms with van der Waals surface area (Å²) in [6.07, 6.45) is 0.929. The Morgan fingerprint density at radius 3 is 2.48 bits per heavy atom. The number of Topliss-reactive ketones (excluding diaryl/α,β-unsaturated/α-hetero) is 1. The number of carbonyl (C=O) groups excluding carboxylic acids is 1. The van der Waals surface area contributed by atoms with Crippen LogP contribution in [0.2, 0.25) is 5.02 Å². The van der Waals surface area contributed by atoms with E-state index in [-0.39, 0.29) is 11.8 Å². The second-order valence-corrected chi connectivity index (χ2v) is 7.08. The van der Waals surface area contributed by atoms with Crippen LogP contribution in [-0.4, -0.2) is 35.6 Å². The summed E-state index contributed by atoms with van der Waals surface area (Å²) in [5.41, 5.74) is 2.37. The summed E-state index contributed by atoms with van der Waals surface area (Å²) in [6, 6.07) is 3.29. The van der Waals surface area contributed by atoms with Crippen molar-refractivity contribution in [2.75, 3.05) is 19.8 Å². The molecule has 1 atom stereocenters. The average molecular weight is 411 g/mol. The van der Waals surface area contributed by atoms with E-state index < -0.39 is 0 Å². The van der Waals surface area contributed by atoms with E-state index in [1.807, 2.05) is 31.7 Å². The van der Waals surface area contributed by atoms with E-state index in [0.717, 1.165) is 24.2 Å². The summed E-state index contributed by atoms with van der Waals surface area (Å²) in [4.78, 5) is 14.4. The standard InChI is InChI=1S/C20H27ClN2O3S/c1-6-9-23-12(4)17(13(5)24)18(22-20(23)27)14-10-15(21)19(26-8-3)16(11-14)25-7-2/h10-11,18H,6-9H2,1-5H3,(H,22,27). The Morgan fingerprint density at radius 1 is 1.26 bits per heavy atom. The molecule has 0 radical (unpaired) electrons. The topological polar surface area (TPSA) is 50.8 Å². The highest BCUT2D eigenvalue weighted by atomic mass is 35.5. The third kappa shape index (κ3) is 4.55. The lowest BCUT2D eigenvalue weighted by Crippen LogP contribution is -2.47. The van der Waals surface area contributed by atoms with Gasteiger partial charge in [-0.05, 0) is 64.0 Å². The van der Waals surface area contributed by atoms with Crippen molar-refractivity contribution in [3.8, 4) is 11.5 Å². The minimum atomic E-state index is -0.379. The van der Waals surface area contributed by atoms with E-state index in [0.29, 0.717) is 40.4 Å². The Balaban J connectivity index is 2.58. The number of benzene rings is 1. The predicted molar refractivity (Wildman–Crippen MR) is 113 cm³/mol. The third-order valence-corrected chi connectivity index (χ3v) is 5.00. The van der Waals surface area contributed by atoms with Crippen molar-refractivity contribution in [2.45, 2.75) is 47.1 Å². The van der Waals surface area contributed by atoms with E-state index in [9.17, 15) is 4.79 Å². The number of ketones is 1. The van der Waals surface area contributed by atoms with Crippen LogP contribution in [0, 0.1) is 0 Å². The lowest BCUT2D eigenvalue weighted by Gasteiger charge is -2.37. The fourth-order valence-corrected chi connectivity index (χ4v) is 3.90. The van der Waals surface area contributed by atoms with Crippen molar-refractivity contribution in [2.24, 2.45) is 0 Å². The lowest BCUT2D eigenvalue weighted by atomic mass is 9.92. The maximum absolute atomic E-state index is 12.5. The first-order chi connectivity index (χ1) is 12.8. The van der Waals surface area contributed by atoms with Crippen molar-refractivity contribution in [3.63, 3.8) is 0 Å². The average Bonchev–Trinajstić information content (AvgIpc) is 2.60. The highest BCUT2D eigenvalue weighted by Gasteiger charge is 2.32. The maximum Gasteiger partial charge on any atom is 0.179 e. The molecule has 0 saturated heterocycles. The highest BCUT2D eigenvalue weighted by molar-refractivity contribution is 7.80. The molecule has 1 aliphatic rings. The van der Waals surface area contributed by atoms with Crippen LogP contribution in [0.1, 0.15) is 52.6 Å². The smallest absolute Gasteiger partial charge is 0.179 e. The summed E-state index contributed by atoms with van der Waals surface area (Å²) >= 11 is 12.0. The van der Waals surface area contributed by atoms with Gasteiger partial charge in [0, 0.05) is 17.8 Å². The van der Waals surface area contributed by atoms with Crippen LogP contribution >= 0.6 is 23.8 Å². The van der Waals surface area contributed by atoms with Crippen LogP contribution in [0.25, 0.3) is 0 Å². The molecule has 5 nitrogen and oxygen atoms in total. The van der Waals surface area contributed by atoms with Gasteiger partial charge in [-0.25, -0.2) is 0 Å². The quantitative estimate of drug-likeness (QED) is 0.630. The molecule has 0 amide bonds. The van der Waals surface area contributed by atoms with Crippen LogP contribution in [0.4, 0.5) is 0 Å². The molecule has 0 bridgehead atoms. The Kier molecular flexibility index (Phi) is 7.50. The SMILES string of the molecule is CCCN1C(=S)NC(c2cc(Cl)c(OCC)c(OCC)c2)C(C(C)=O)=C1C. The zero-order valence-corrected chi connectivity index (χ0v) is 18.1. The Labute approximate surface area is 171 Å². The molecule has 0 spiro atoms. The van der Waals surface area contributed by atoms with E-state index in [2.05, 4.69) is 12.2 Å². The van der Waals surface area contributed by atoms with Crippen molar-refractivity contribution < 1.29 is 14.3 Å². The molecule has 0 aliphatic carbocycles. The van der Waals surface area contributed by atoms with Crippen LogP contribution in [0.5, 0.6) is 11.5 Å². The van der Waals surface area contributed by atoms with Gasteiger partial charge in [0.1, 0.15) is 0 Å². The van der Waals surface area contributed by atoms with Gasteiger partial charge in [-0.3, -0.25) is 4.79 Å². The highest BCUT2D eigenvalue weighted by Crippen LogP contribution is 2.41. The lowest BCUT2D eigenvalue weighted by molar-refractivity contribution is -0.114. The first-order valence-corrected chi connectivity index (χ1v) is 10.0. The van der Waals surface area contributed by atoms with Gasteiger partial charge in [0.15, 0.2) is 22.4 Å². The number of ether oxygens (including phenoxy) is 2. The van der Waals surface area contributed by atoms with E-state index in [1.165, 1.54) is 0 Å². The van der Waals surface area contributed by atoms with Crippen molar-refractivity contribution >= 4 is 34.7 Å². The summed E-state index contributed by atoms with van der Waals surface area (Å²) in [6.45, 7) is 11.1. The Bertz CT molecular complexity index is 764. The van der Waals surface area contributed by atoms with Gasteiger partial charge in [0.25, 0.3) is 0 Å². The van der Waals surface area contributed by atoms with Crippen LogP contribution < -0.4 is 14.8 Å². The fraction of sp³-hybridized carbons (Fsp3) is 0.500. The normalized spacial score (nSPS) is 17.0. The first-order valence-electron chi connectivity index (χ1n) is 9.24. The van der Waals surface area contributed by atoms with Gasteiger partial charge in [-0.1, -0.05) is 18.5 Å².